The summed E-state index contributed by atoms with van der Waals surface area (Å²) < 4.78 is 11.2. The number of morpholine rings is 1. The SMILES string of the molecule is CCOc1ccc(/C=C2\SC(N3CC(C)OC(C)C3)=NC2=O)cc1. The molecule has 24 heavy (non-hydrogen) atoms. The zero-order valence-electron chi connectivity index (χ0n) is 14.2. The third-order valence-electron chi connectivity index (χ3n) is 3.79. The molecule has 0 N–H and O–H groups in total. The van der Waals surface area contributed by atoms with Crippen LogP contribution >= 0.6 is 11.8 Å². The highest BCUT2D eigenvalue weighted by Crippen LogP contribution is 2.31. The first-order valence-corrected chi connectivity index (χ1v) is 9.02. The van der Waals surface area contributed by atoms with Crippen molar-refractivity contribution >= 4 is 28.9 Å². The summed E-state index contributed by atoms with van der Waals surface area (Å²) in [5.74, 6) is 0.661. The Morgan fingerprint density at radius 1 is 1.29 bits per heavy atom. The van der Waals surface area contributed by atoms with Crippen molar-refractivity contribution in [3.63, 3.8) is 0 Å². The molecule has 0 saturated carbocycles. The van der Waals surface area contributed by atoms with Crippen LogP contribution in [0.25, 0.3) is 6.08 Å². The van der Waals surface area contributed by atoms with E-state index in [9.17, 15) is 4.79 Å². The van der Waals surface area contributed by atoms with Crippen molar-refractivity contribution in [1.29, 1.82) is 0 Å². The molecule has 2 unspecified atom stereocenters. The second-order valence-electron chi connectivity index (χ2n) is 5.97. The summed E-state index contributed by atoms with van der Waals surface area (Å²) in [5.41, 5.74) is 0.967. The maximum Gasteiger partial charge on any atom is 0.286 e. The number of amidine groups is 1. The number of hydrogen-bond acceptors (Lipinski definition) is 5. The molecule has 6 heteroatoms. The van der Waals surface area contributed by atoms with Gasteiger partial charge in [0.05, 0.1) is 23.7 Å². The molecule has 0 radical (unpaired) electrons. The van der Waals surface area contributed by atoms with Crippen LogP contribution in [0.1, 0.15) is 26.3 Å². The number of nitrogens with zero attached hydrogens (tertiary/aromatic N) is 2. The monoisotopic (exact) mass is 346 g/mol. The Morgan fingerprint density at radius 2 is 1.96 bits per heavy atom. The van der Waals surface area contributed by atoms with Gasteiger partial charge in [-0.15, -0.1) is 0 Å². The van der Waals surface area contributed by atoms with E-state index in [1.54, 1.807) is 0 Å². The lowest BCUT2D eigenvalue weighted by Gasteiger charge is -2.35. The Kier molecular flexibility index (Phi) is 5.26. The molecule has 0 aliphatic carbocycles. The van der Waals surface area contributed by atoms with Crippen molar-refractivity contribution in [1.82, 2.24) is 4.90 Å². The molecule has 1 amide bonds. The number of ether oxygens (including phenoxy) is 2. The van der Waals surface area contributed by atoms with Gasteiger partial charge in [0.15, 0.2) is 5.17 Å². The quantitative estimate of drug-likeness (QED) is 0.787. The van der Waals surface area contributed by atoms with Crippen LogP contribution in [0.3, 0.4) is 0 Å². The van der Waals surface area contributed by atoms with Crippen molar-refractivity contribution < 1.29 is 14.3 Å². The molecule has 0 spiro atoms. The van der Waals surface area contributed by atoms with E-state index >= 15 is 0 Å². The molecule has 0 aromatic heterocycles. The van der Waals surface area contributed by atoms with E-state index < -0.39 is 0 Å². The molecule has 2 atom stereocenters. The second-order valence-corrected chi connectivity index (χ2v) is 6.98. The van der Waals surface area contributed by atoms with E-state index in [0.29, 0.717) is 11.5 Å². The van der Waals surface area contributed by atoms with Crippen LogP contribution in [0.15, 0.2) is 34.2 Å². The van der Waals surface area contributed by atoms with Crippen LogP contribution in [0.5, 0.6) is 5.75 Å². The topological polar surface area (TPSA) is 51.1 Å². The highest BCUT2D eigenvalue weighted by atomic mass is 32.2. The molecule has 0 bridgehead atoms. The Bertz CT molecular complexity index is 659. The number of benzene rings is 1. The fourth-order valence-electron chi connectivity index (χ4n) is 2.85. The zero-order chi connectivity index (χ0) is 17.1. The normalized spacial score (nSPS) is 26.0. The van der Waals surface area contributed by atoms with Crippen molar-refractivity contribution in [3.8, 4) is 5.75 Å². The van der Waals surface area contributed by atoms with Crippen LogP contribution in [0.2, 0.25) is 0 Å². The van der Waals surface area contributed by atoms with Crippen molar-refractivity contribution in [2.45, 2.75) is 33.0 Å². The van der Waals surface area contributed by atoms with Gasteiger partial charge < -0.3 is 14.4 Å². The molecule has 1 aromatic carbocycles. The molecule has 128 valence electrons. The standard InChI is InChI=1S/C18H22N2O3S/c1-4-22-15-7-5-14(6-8-15)9-16-17(21)19-18(24-16)20-10-12(2)23-13(3)11-20/h5-9,12-13H,4,10-11H2,1-3H3/b16-9-. The van der Waals surface area contributed by atoms with Crippen molar-refractivity contribution in [2.24, 2.45) is 4.99 Å². The molecular formula is C18H22N2O3S. The molecule has 2 heterocycles. The average molecular weight is 346 g/mol. The molecule has 3 rings (SSSR count). The molecule has 2 aliphatic heterocycles. The molecular weight excluding hydrogens is 324 g/mol. The number of rotatable bonds is 3. The molecule has 1 saturated heterocycles. The number of carbonyl (C=O) groups excluding carboxylic acids is 1. The number of carbonyl (C=O) groups is 1. The first kappa shape index (κ1) is 17.0. The third kappa shape index (κ3) is 3.99. The predicted molar refractivity (Wildman–Crippen MR) is 97.2 cm³/mol. The Labute approximate surface area is 146 Å². The van der Waals surface area contributed by atoms with Crippen molar-refractivity contribution in [2.75, 3.05) is 19.7 Å². The van der Waals surface area contributed by atoms with E-state index in [0.717, 1.165) is 29.6 Å². The fraction of sp³-hybridized carbons (Fsp3) is 0.444. The van der Waals surface area contributed by atoms with Crippen LogP contribution in [0.4, 0.5) is 0 Å². The highest BCUT2D eigenvalue weighted by Gasteiger charge is 2.30. The summed E-state index contributed by atoms with van der Waals surface area (Å²) in [5, 5.41) is 0.777. The van der Waals surface area contributed by atoms with Gasteiger partial charge in [-0.05, 0) is 56.3 Å². The lowest BCUT2D eigenvalue weighted by Crippen LogP contribution is -2.47. The Morgan fingerprint density at radius 3 is 2.58 bits per heavy atom. The summed E-state index contributed by atoms with van der Waals surface area (Å²) >= 11 is 1.44. The zero-order valence-corrected chi connectivity index (χ0v) is 15.0. The van der Waals surface area contributed by atoms with Crippen LogP contribution < -0.4 is 4.74 Å². The number of thioether (sulfide) groups is 1. The number of hydrogen-bond donors (Lipinski definition) is 0. The minimum atomic E-state index is -0.171. The minimum Gasteiger partial charge on any atom is -0.494 e. The van der Waals surface area contributed by atoms with Gasteiger partial charge in [0.2, 0.25) is 0 Å². The summed E-state index contributed by atoms with van der Waals surface area (Å²) in [6.07, 6.45) is 2.17. The van der Waals surface area contributed by atoms with Gasteiger partial charge in [-0.25, -0.2) is 0 Å². The summed E-state index contributed by atoms with van der Waals surface area (Å²) in [7, 11) is 0. The third-order valence-corrected chi connectivity index (χ3v) is 4.83. The first-order chi connectivity index (χ1) is 11.5. The summed E-state index contributed by atoms with van der Waals surface area (Å²) in [6, 6.07) is 7.71. The largest absolute Gasteiger partial charge is 0.494 e. The van der Waals surface area contributed by atoms with Gasteiger partial charge >= 0.3 is 0 Å². The summed E-state index contributed by atoms with van der Waals surface area (Å²) in [6.45, 7) is 8.21. The second kappa shape index (κ2) is 7.40. The number of aliphatic imine (C=N–C) groups is 1. The lowest BCUT2D eigenvalue weighted by molar-refractivity contribution is -0.113. The molecule has 1 fully saturated rings. The minimum absolute atomic E-state index is 0.145. The smallest absolute Gasteiger partial charge is 0.286 e. The van der Waals surface area contributed by atoms with Gasteiger partial charge in [-0.1, -0.05) is 12.1 Å². The maximum absolute atomic E-state index is 12.2. The maximum atomic E-state index is 12.2. The van der Waals surface area contributed by atoms with Gasteiger partial charge in [-0.3, -0.25) is 4.79 Å². The van der Waals surface area contributed by atoms with Gasteiger partial charge in [0, 0.05) is 13.1 Å². The van der Waals surface area contributed by atoms with E-state index in [-0.39, 0.29) is 18.1 Å². The van der Waals surface area contributed by atoms with Crippen LogP contribution in [-0.2, 0) is 9.53 Å². The van der Waals surface area contributed by atoms with E-state index in [1.165, 1.54) is 11.8 Å². The highest BCUT2D eigenvalue weighted by molar-refractivity contribution is 8.18. The molecule has 5 nitrogen and oxygen atoms in total. The number of amides is 1. The first-order valence-electron chi connectivity index (χ1n) is 8.21. The van der Waals surface area contributed by atoms with E-state index in [1.807, 2.05) is 51.1 Å². The van der Waals surface area contributed by atoms with E-state index in [4.69, 9.17) is 9.47 Å². The average Bonchev–Trinajstić information content (AvgIpc) is 2.90. The predicted octanol–water partition coefficient (Wildman–Crippen LogP) is 3.16. The Hall–Kier alpha value is -1.79. The van der Waals surface area contributed by atoms with Gasteiger partial charge in [-0.2, -0.15) is 4.99 Å². The Balaban J connectivity index is 1.70. The molecule has 1 aromatic rings. The van der Waals surface area contributed by atoms with E-state index in [2.05, 4.69) is 9.89 Å². The van der Waals surface area contributed by atoms with Crippen molar-refractivity contribution in [3.05, 3.63) is 34.7 Å². The summed E-state index contributed by atoms with van der Waals surface area (Å²) in [4.78, 5) is 19.2. The van der Waals surface area contributed by atoms with Crippen LogP contribution in [-0.4, -0.2) is 47.9 Å². The van der Waals surface area contributed by atoms with Gasteiger partial charge in [0.25, 0.3) is 5.91 Å². The molecule has 2 aliphatic rings. The lowest BCUT2D eigenvalue weighted by atomic mass is 10.2. The van der Waals surface area contributed by atoms with Crippen LogP contribution in [0, 0.1) is 0 Å². The van der Waals surface area contributed by atoms with Gasteiger partial charge in [0.1, 0.15) is 5.75 Å². The fourth-order valence-corrected chi connectivity index (χ4v) is 3.78.